The molecule has 1 amide bonds. The van der Waals surface area contributed by atoms with Crippen molar-refractivity contribution in [3.63, 3.8) is 0 Å². The maximum Gasteiger partial charge on any atom is 0.239 e. The molecule has 0 atom stereocenters. The van der Waals surface area contributed by atoms with Gasteiger partial charge in [0, 0.05) is 24.2 Å². The fourth-order valence-corrected chi connectivity index (χ4v) is 2.09. The predicted octanol–water partition coefficient (Wildman–Crippen LogP) is 2.58. The quantitative estimate of drug-likeness (QED) is 0.365. The number of aliphatic imine (C=N–C) groups is 1. The van der Waals surface area contributed by atoms with E-state index < -0.39 is 0 Å². The lowest BCUT2D eigenvalue weighted by molar-refractivity contribution is -0.121. The smallest absolute Gasteiger partial charge is 0.239 e. The first-order valence-electron chi connectivity index (χ1n) is 7.31. The number of halogens is 2. The second-order valence-electron chi connectivity index (χ2n) is 5.99. The highest BCUT2D eigenvalue weighted by molar-refractivity contribution is 14.0. The van der Waals surface area contributed by atoms with Crippen molar-refractivity contribution in [3.8, 4) is 0 Å². The van der Waals surface area contributed by atoms with Crippen molar-refractivity contribution in [1.29, 1.82) is 0 Å². The second-order valence-corrected chi connectivity index (χ2v) is 6.40. The van der Waals surface area contributed by atoms with Gasteiger partial charge in [-0.3, -0.25) is 9.79 Å². The van der Waals surface area contributed by atoms with Crippen LogP contribution in [-0.2, 0) is 11.2 Å². The summed E-state index contributed by atoms with van der Waals surface area (Å²) in [5.74, 6) is 0.526. The number of benzene rings is 1. The molecule has 3 N–H and O–H groups in total. The zero-order chi connectivity index (χ0) is 16.6. The first kappa shape index (κ1) is 22.0. The molecule has 0 saturated heterocycles. The van der Waals surface area contributed by atoms with E-state index in [1.165, 1.54) is 0 Å². The van der Waals surface area contributed by atoms with E-state index in [-0.39, 0.29) is 42.0 Å². The monoisotopic (exact) mass is 452 g/mol. The number of nitrogens with one attached hydrogen (secondary N) is 3. The lowest BCUT2D eigenvalue weighted by Crippen LogP contribution is -2.48. The van der Waals surface area contributed by atoms with Crippen molar-refractivity contribution in [2.45, 2.75) is 32.7 Å². The van der Waals surface area contributed by atoms with Crippen molar-refractivity contribution in [1.82, 2.24) is 16.0 Å². The summed E-state index contributed by atoms with van der Waals surface area (Å²) in [7, 11) is 1.67. The van der Waals surface area contributed by atoms with Gasteiger partial charge in [-0.05, 0) is 38.8 Å². The molecule has 0 aliphatic rings. The Hall–Kier alpha value is -1.02. The Balaban J connectivity index is 0.00000484. The standard InChI is InChI=1S/C16H25ClN4O.HI/c1-16(2,3)21-14(22)11-20-15(18-4)19-10-9-12-7-5-6-8-13(12)17;/h5-8H,9-11H2,1-4H3,(H,21,22)(H2,18,19,20);1H. The number of hydrogen-bond donors (Lipinski definition) is 3. The van der Waals surface area contributed by atoms with Gasteiger partial charge >= 0.3 is 0 Å². The fraction of sp³-hybridized carbons (Fsp3) is 0.500. The number of carbonyl (C=O) groups is 1. The molecule has 0 spiro atoms. The molecule has 23 heavy (non-hydrogen) atoms. The summed E-state index contributed by atoms with van der Waals surface area (Å²) in [5, 5.41) is 9.80. The summed E-state index contributed by atoms with van der Waals surface area (Å²) < 4.78 is 0. The number of amides is 1. The third kappa shape index (κ3) is 9.65. The van der Waals surface area contributed by atoms with Gasteiger partial charge in [-0.15, -0.1) is 24.0 Å². The Labute approximate surface area is 160 Å². The first-order valence-corrected chi connectivity index (χ1v) is 7.68. The Morgan fingerprint density at radius 2 is 1.87 bits per heavy atom. The largest absolute Gasteiger partial charge is 0.356 e. The van der Waals surface area contributed by atoms with Gasteiger partial charge in [-0.2, -0.15) is 0 Å². The summed E-state index contributed by atoms with van der Waals surface area (Å²) >= 11 is 6.11. The van der Waals surface area contributed by atoms with Gasteiger partial charge in [-0.25, -0.2) is 0 Å². The van der Waals surface area contributed by atoms with E-state index in [0.717, 1.165) is 17.0 Å². The van der Waals surface area contributed by atoms with Crippen LogP contribution in [0, 0.1) is 0 Å². The Morgan fingerprint density at radius 1 is 1.22 bits per heavy atom. The molecular formula is C16H26ClIN4O. The van der Waals surface area contributed by atoms with E-state index in [1.54, 1.807) is 7.05 Å². The lowest BCUT2D eigenvalue weighted by atomic mass is 10.1. The minimum atomic E-state index is -0.236. The second kappa shape index (κ2) is 10.7. The summed E-state index contributed by atoms with van der Waals surface area (Å²) in [6.07, 6.45) is 0.786. The average molecular weight is 453 g/mol. The van der Waals surface area contributed by atoms with Crippen LogP contribution in [-0.4, -0.2) is 37.5 Å². The summed E-state index contributed by atoms with van der Waals surface area (Å²) in [4.78, 5) is 15.8. The van der Waals surface area contributed by atoms with Crippen molar-refractivity contribution in [3.05, 3.63) is 34.9 Å². The molecular weight excluding hydrogens is 427 g/mol. The molecule has 0 aliphatic carbocycles. The van der Waals surface area contributed by atoms with E-state index in [4.69, 9.17) is 11.6 Å². The van der Waals surface area contributed by atoms with Crippen molar-refractivity contribution in [2.75, 3.05) is 20.1 Å². The average Bonchev–Trinajstić information content (AvgIpc) is 2.42. The molecule has 0 unspecified atom stereocenters. The molecule has 1 aromatic carbocycles. The van der Waals surface area contributed by atoms with Gasteiger partial charge < -0.3 is 16.0 Å². The van der Waals surface area contributed by atoms with E-state index in [2.05, 4.69) is 20.9 Å². The summed E-state index contributed by atoms with van der Waals surface area (Å²) in [6, 6.07) is 7.75. The van der Waals surface area contributed by atoms with Crippen LogP contribution >= 0.6 is 35.6 Å². The minimum absolute atomic E-state index is 0. The van der Waals surface area contributed by atoms with Crippen LogP contribution in [0.15, 0.2) is 29.3 Å². The van der Waals surface area contributed by atoms with E-state index >= 15 is 0 Å². The number of guanidine groups is 1. The third-order valence-electron chi connectivity index (χ3n) is 2.80. The number of nitrogens with zero attached hydrogens (tertiary/aromatic N) is 1. The van der Waals surface area contributed by atoms with E-state index in [1.807, 2.05) is 45.0 Å². The van der Waals surface area contributed by atoms with Gasteiger partial charge in [-0.1, -0.05) is 29.8 Å². The molecule has 1 aromatic rings. The van der Waals surface area contributed by atoms with Gasteiger partial charge in [0.2, 0.25) is 5.91 Å². The summed E-state index contributed by atoms with van der Waals surface area (Å²) in [5.41, 5.74) is 0.845. The van der Waals surface area contributed by atoms with Gasteiger partial charge in [0.05, 0.1) is 6.54 Å². The molecule has 7 heteroatoms. The van der Waals surface area contributed by atoms with E-state index in [0.29, 0.717) is 12.5 Å². The maximum absolute atomic E-state index is 11.7. The molecule has 0 bridgehead atoms. The van der Waals surface area contributed by atoms with Crippen LogP contribution in [0.2, 0.25) is 5.02 Å². The van der Waals surface area contributed by atoms with E-state index in [9.17, 15) is 4.79 Å². The molecule has 0 saturated carbocycles. The van der Waals surface area contributed by atoms with Crippen molar-refractivity contribution >= 4 is 47.4 Å². The molecule has 0 heterocycles. The third-order valence-corrected chi connectivity index (χ3v) is 3.17. The molecule has 0 aliphatic heterocycles. The Bertz CT molecular complexity index is 529. The SMILES string of the molecule is CN=C(NCCc1ccccc1Cl)NCC(=O)NC(C)(C)C.I. The maximum atomic E-state index is 11.7. The predicted molar refractivity (Wildman–Crippen MR) is 108 cm³/mol. The zero-order valence-corrected chi connectivity index (χ0v) is 17.2. The topological polar surface area (TPSA) is 65.5 Å². The minimum Gasteiger partial charge on any atom is -0.356 e. The van der Waals surface area contributed by atoms with Crippen LogP contribution in [0.3, 0.4) is 0 Å². The summed E-state index contributed by atoms with van der Waals surface area (Å²) in [6.45, 7) is 6.71. The first-order chi connectivity index (χ1) is 10.3. The van der Waals surface area contributed by atoms with Crippen molar-refractivity contribution < 1.29 is 4.79 Å². The molecule has 5 nitrogen and oxygen atoms in total. The van der Waals surface area contributed by atoms with Crippen molar-refractivity contribution in [2.24, 2.45) is 4.99 Å². The van der Waals surface area contributed by atoms with Crippen LogP contribution in [0.1, 0.15) is 26.3 Å². The van der Waals surface area contributed by atoms with Gasteiger partial charge in [0.1, 0.15) is 0 Å². The molecule has 0 fully saturated rings. The molecule has 130 valence electrons. The number of carbonyl (C=O) groups excluding carboxylic acids is 1. The lowest BCUT2D eigenvalue weighted by Gasteiger charge is -2.21. The van der Waals surface area contributed by atoms with Crippen LogP contribution in [0.4, 0.5) is 0 Å². The fourth-order valence-electron chi connectivity index (χ4n) is 1.86. The van der Waals surface area contributed by atoms with Crippen LogP contribution in [0.25, 0.3) is 0 Å². The highest BCUT2D eigenvalue weighted by atomic mass is 127. The number of rotatable bonds is 5. The molecule has 1 rings (SSSR count). The zero-order valence-electron chi connectivity index (χ0n) is 14.1. The highest BCUT2D eigenvalue weighted by Crippen LogP contribution is 2.14. The number of hydrogen-bond acceptors (Lipinski definition) is 2. The molecule has 0 aromatic heterocycles. The highest BCUT2D eigenvalue weighted by Gasteiger charge is 2.13. The normalized spacial score (nSPS) is 11.4. The van der Waals surface area contributed by atoms with Crippen LogP contribution < -0.4 is 16.0 Å². The van der Waals surface area contributed by atoms with Gasteiger partial charge in [0.25, 0.3) is 0 Å². The Morgan fingerprint density at radius 3 is 2.43 bits per heavy atom. The van der Waals surface area contributed by atoms with Crippen LogP contribution in [0.5, 0.6) is 0 Å². The Kier molecular flexibility index (Phi) is 10.2. The van der Waals surface area contributed by atoms with Gasteiger partial charge in [0.15, 0.2) is 5.96 Å². The molecule has 0 radical (unpaired) electrons.